The van der Waals surface area contributed by atoms with Crippen molar-refractivity contribution >= 4 is 12.0 Å². The van der Waals surface area contributed by atoms with E-state index in [1.807, 2.05) is 0 Å². The monoisotopic (exact) mass is 282 g/mol. The number of β-amino-alcohol motifs (C(OH)–C–C–N with tert-alkyl or cyclic N) is 1. The minimum atomic E-state index is -1.05. The van der Waals surface area contributed by atoms with Gasteiger partial charge in [0.25, 0.3) is 0 Å². The molecular weight excluding hydrogens is 264 g/mol. The van der Waals surface area contributed by atoms with E-state index in [2.05, 4.69) is 5.32 Å². The smallest absolute Gasteiger partial charge is 0.339 e. The van der Waals surface area contributed by atoms with Gasteiger partial charge in [-0.1, -0.05) is 0 Å². The summed E-state index contributed by atoms with van der Waals surface area (Å²) in [7, 11) is 0. The molecule has 0 aromatic carbocycles. The van der Waals surface area contributed by atoms with Crippen LogP contribution in [0.1, 0.15) is 34.7 Å². The van der Waals surface area contributed by atoms with Crippen molar-refractivity contribution in [2.24, 2.45) is 0 Å². The Morgan fingerprint density at radius 2 is 2.30 bits per heavy atom. The number of aliphatic hydroxyl groups excluding tert-OH is 1. The lowest BCUT2D eigenvalue weighted by Gasteiger charge is -2.29. The van der Waals surface area contributed by atoms with Gasteiger partial charge in [0.15, 0.2) is 0 Å². The van der Waals surface area contributed by atoms with E-state index in [4.69, 9.17) is 9.52 Å². The van der Waals surface area contributed by atoms with Crippen molar-refractivity contribution in [1.82, 2.24) is 10.2 Å². The molecule has 2 rings (SSSR count). The number of hydrogen-bond acceptors (Lipinski definition) is 4. The zero-order valence-electron chi connectivity index (χ0n) is 11.3. The first-order valence-electron chi connectivity index (χ1n) is 6.51. The number of nitrogens with one attached hydrogen (secondary N) is 1. The number of carbonyl (C=O) groups excluding carboxylic acids is 1. The van der Waals surface area contributed by atoms with Crippen molar-refractivity contribution in [3.63, 3.8) is 0 Å². The first kappa shape index (κ1) is 14.4. The molecule has 20 heavy (non-hydrogen) atoms. The van der Waals surface area contributed by atoms with Gasteiger partial charge >= 0.3 is 12.0 Å². The number of hydrogen-bond donors (Lipinski definition) is 3. The van der Waals surface area contributed by atoms with E-state index in [0.29, 0.717) is 31.0 Å². The number of carboxylic acid groups (broad SMARTS) is 1. The Morgan fingerprint density at radius 1 is 1.55 bits per heavy atom. The summed E-state index contributed by atoms with van der Waals surface area (Å²) < 4.78 is 5.27. The van der Waals surface area contributed by atoms with Gasteiger partial charge in [0, 0.05) is 13.1 Å². The van der Waals surface area contributed by atoms with Gasteiger partial charge in [0.2, 0.25) is 0 Å². The van der Waals surface area contributed by atoms with Crippen molar-refractivity contribution in [1.29, 1.82) is 0 Å². The summed E-state index contributed by atoms with van der Waals surface area (Å²) in [5.41, 5.74) is 0.0997. The van der Waals surface area contributed by atoms with Gasteiger partial charge in [-0.05, 0) is 25.8 Å². The van der Waals surface area contributed by atoms with E-state index >= 15 is 0 Å². The summed E-state index contributed by atoms with van der Waals surface area (Å²) >= 11 is 0. The third-order valence-corrected chi connectivity index (χ3v) is 3.30. The highest BCUT2D eigenvalue weighted by Crippen LogP contribution is 2.15. The van der Waals surface area contributed by atoms with Crippen LogP contribution in [0.15, 0.2) is 10.5 Å². The van der Waals surface area contributed by atoms with Crippen molar-refractivity contribution in [2.75, 3.05) is 13.1 Å². The van der Waals surface area contributed by atoms with Crippen molar-refractivity contribution < 1.29 is 24.2 Å². The second-order valence-corrected chi connectivity index (χ2v) is 4.89. The largest absolute Gasteiger partial charge is 0.478 e. The predicted molar refractivity (Wildman–Crippen MR) is 69.5 cm³/mol. The lowest BCUT2D eigenvalue weighted by Crippen LogP contribution is -2.46. The maximum atomic E-state index is 11.9. The van der Waals surface area contributed by atoms with Crippen LogP contribution >= 0.6 is 0 Å². The second-order valence-electron chi connectivity index (χ2n) is 4.89. The molecule has 1 fully saturated rings. The molecule has 1 atom stereocenters. The van der Waals surface area contributed by atoms with Crippen LogP contribution in [0, 0.1) is 6.92 Å². The molecule has 2 heterocycles. The van der Waals surface area contributed by atoms with Crippen LogP contribution in [0.25, 0.3) is 0 Å². The van der Waals surface area contributed by atoms with E-state index < -0.39 is 12.1 Å². The fourth-order valence-electron chi connectivity index (χ4n) is 2.26. The zero-order valence-corrected chi connectivity index (χ0v) is 11.3. The number of aromatic carboxylic acids is 1. The Morgan fingerprint density at radius 3 is 2.90 bits per heavy atom. The molecule has 0 saturated carbocycles. The summed E-state index contributed by atoms with van der Waals surface area (Å²) in [4.78, 5) is 24.3. The van der Waals surface area contributed by atoms with Crippen molar-refractivity contribution in [3.8, 4) is 0 Å². The molecule has 7 heteroatoms. The molecule has 3 N–H and O–H groups in total. The average Bonchev–Trinajstić information content (AvgIpc) is 2.77. The minimum absolute atomic E-state index is 0.0997. The molecule has 1 aliphatic heterocycles. The number of furan rings is 1. The highest BCUT2D eigenvalue weighted by atomic mass is 16.4. The summed E-state index contributed by atoms with van der Waals surface area (Å²) in [6.45, 7) is 2.62. The molecular formula is C13H18N2O5. The van der Waals surface area contributed by atoms with Gasteiger partial charge in [-0.25, -0.2) is 9.59 Å². The molecule has 0 aliphatic carbocycles. The number of urea groups is 1. The Kier molecular flexibility index (Phi) is 4.29. The van der Waals surface area contributed by atoms with Crippen LogP contribution in [-0.4, -0.2) is 46.3 Å². The SMILES string of the molecule is Cc1oc(CNC(=O)N2CCCC(O)C2)cc1C(=O)O. The van der Waals surface area contributed by atoms with Crippen LogP contribution in [-0.2, 0) is 6.54 Å². The van der Waals surface area contributed by atoms with Gasteiger partial charge < -0.3 is 24.8 Å². The van der Waals surface area contributed by atoms with E-state index in [-0.39, 0.29) is 18.1 Å². The lowest BCUT2D eigenvalue weighted by atomic mass is 10.1. The number of amides is 2. The van der Waals surface area contributed by atoms with E-state index in [0.717, 1.165) is 6.42 Å². The maximum Gasteiger partial charge on any atom is 0.339 e. The number of carbonyl (C=O) groups is 2. The first-order chi connectivity index (χ1) is 9.47. The van der Waals surface area contributed by atoms with E-state index in [9.17, 15) is 14.7 Å². The quantitative estimate of drug-likeness (QED) is 0.766. The third-order valence-electron chi connectivity index (χ3n) is 3.30. The van der Waals surface area contributed by atoms with Crippen LogP contribution in [0.5, 0.6) is 0 Å². The van der Waals surface area contributed by atoms with Crippen LogP contribution < -0.4 is 5.32 Å². The number of likely N-dealkylation sites (tertiary alicyclic amines) is 1. The highest BCUT2D eigenvalue weighted by molar-refractivity contribution is 5.88. The molecule has 110 valence electrons. The standard InChI is InChI=1S/C13H18N2O5/c1-8-11(12(17)18)5-10(20-8)6-14-13(19)15-4-2-3-9(16)7-15/h5,9,16H,2-4,6-7H2,1H3,(H,14,19)(H,17,18). The molecule has 1 unspecified atom stereocenters. The van der Waals surface area contributed by atoms with Crippen molar-refractivity contribution in [3.05, 3.63) is 23.2 Å². The number of carboxylic acids is 1. The fraction of sp³-hybridized carbons (Fsp3) is 0.538. The highest BCUT2D eigenvalue weighted by Gasteiger charge is 2.22. The second kappa shape index (κ2) is 5.96. The number of rotatable bonds is 3. The molecule has 1 aromatic heterocycles. The first-order valence-corrected chi connectivity index (χ1v) is 6.51. The summed E-state index contributed by atoms with van der Waals surface area (Å²) in [6, 6.07) is 1.12. The Hall–Kier alpha value is -2.02. The Labute approximate surface area is 116 Å². The number of aryl methyl sites for hydroxylation is 1. The predicted octanol–water partition coefficient (Wildman–Crippen LogP) is 0.953. The Bertz CT molecular complexity index is 511. The topological polar surface area (TPSA) is 103 Å². The number of aliphatic hydroxyl groups is 1. The summed E-state index contributed by atoms with van der Waals surface area (Å²) in [6.07, 6.45) is 1.01. The van der Waals surface area contributed by atoms with Gasteiger partial charge in [-0.15, -0.1) is 0 Å². The molecule has 1 aliphatic rings. The number of nitrogens with zero attached hydrogens (tertiary/aromatic N) is 1. The molecule has 1 saturated heterocycles. The molecule has 7 nitrogen and oxygen atoms in total. The summed E-state index contributed by atoms with van der Waals surface area (Å²) in [5, 5.41) is 21.1. The van der Waals surface area contributed by atoms with Gasteiger partial charge in [-0.2, -0.15) is 0 Å². The number of piperidine rings is 1. The van der Waals surface area contributed by atoms with E-state index in [1.165, 1.54) is 6.07 Å². The minimum Gasteiger partial charge on any atom is -0.478 e. The van der Waals surface area contributed by atoms with Gasteiger partial charge in [0.1, 0.15) is 17.1 Å². The van der Waals surface area contributed by atoms with Gasteiger partial charge in [0.05, 0.1) is 12.6 Å². The van der Waals surface area contributed by atoms with Crippen molar-refractivity contribution in [2.45, 2.75) is 32.4 Å². The molecule has 1 aromatic rings. The van der Waals surface area contributed by atoms with Crippen LogP contribution in [0.4, 0.5) is 4.79 Å². The Balaban J connectivity index is 1.90. The molecule has 0 spiro atoms. The molecule has 0 bridgehead atoms. The van der Waals surface area contributed by atoms with Crippen LogP contribution in [0.2, 0.25) is 0 Å². The maximum absolute atomic E-state index is 11.9. The van der Waals surface area contributed by atoms with Crippen LogP contribution in [0.3, 0.4) is 0 Å². The molecule has 0 radical (unpaired) electrons. The normalized spacial score (nSPS) is 18.9. The van der Waals surface area contributed by atoms with Gasteiger partial charge in [-0.3, -0.25) is 0 Å². The zero-order chi connectivity index (χ0) is 14.7. The fourth-order valence-corrected chi connectivity index (χ4v) is 2.26. The molecule has 2 amide bonds. The lowest BCUT2D eigenvalue weighted by molar-refractivity contribution is 0.0695. The third kappa shape index (κ3) is 3.30. The average molecular weight is 282 g/mol. The summed E-state index contributed by atoms with van der Waals surface area (Å²) in [5.74, 6) is -0.344. The van der Waals surface area contributed by atoms with E-state index in [1.54, 1.807) is 11.8 Å².